The van der Waals surface area contributed by atoms with E-state index in [9.17, 15) is 4.79 Å². The first-order valence-electron chi connectivity index (χ1n) is 6.22. The molecule has 1 fully saturated rings. The molecule has 0 bridgehead atoms. The Labute approximate surface area is 102 Å². The van der Waals surface area contributed by atoms with Crippen LogP contribution in [0.3, 0.4) is 0 Å². The highest BCUT2D eigenvalue weighted by molar-refractivity contribution is 5.87. The second-order valence-corrected chi connectivity index (χ2v) is 4.90. The van der Waals surface area contributed by atoms with Crippen molar-refractivity contribution in [3.8, 4) is 0 Å². The van der Waals surface area contributed by atoms with Crippen molar-refractivity contribution in [2.45, 2.75) is 38.8 Å². The Morgan fingerprint density at radius 1 is 1.47 bits per heavy atom. The Balaban J connectivity index is 1.94. The Hall–Kier alpha value is -1.35. The van der Waals surface area contributed by atoms with Crippen LogP contribution in [0.4, 0.5) is 0 Å². The molecule has 0 heterocycles. The van der Waals surface area contributed by atoms with E-state index in [0.29, 0.717) is 11.6 Å². The van der Waals surface area contributed by atoms with Crippen molar-refractivity contribution >= 4 is 5.97 Å². The molecule has 2 atom stereocenters. The van der Waals surface area contributed by atoms with E-state index in [0.717, 1.165) is 18.0 Å². The summed E-state index contributed by atoms with van der Waals surface area (Å²) in [5, 5.41) is 12.4. The molecular formula is C14H19NO2. The van der Waals surface area contributed by atoms with E-state index in [-0.39, 0.29) is 0 Å². The molecule has 2 rings (SSSR count). The third-order valence-electron chi connectivity index (χ3n) is 3.60. The van der Waals surface area contributed by atoms with Crippen molar-refractivity contribution < 1.29 is 9.90 Å². The molecule has 2 N–H and O–H groups in total. The van der Waals surface area contributed by atoms with Gasteiger partial charge in [-0.15, -0.1) is 0 Å². The van der Waals surface area contributed by atoms with Crippen molar-refractivity contribution in [3.63, 3.8) is 0 Å². The molecule has 0 aromatic heterocycles. The van der Waals surface area contributed by atoms with Crippen LogP contribution in [-0.4, -0.2) is 17.1 Å². The van der Waals surface area contributed by atoms with Crippen molar-refractivity contribution in [2.75, 3.05) is 0 Å². The van der Waals surface area contributed by atoms with E-state index < -0.39 is 5.97 Å². The quantitative estimate of drug-likeness (QED) is 0.840. The van der Waals surface area contributed by atoms with Crippen LogP contribution in [0.1, 0.15) is 42.1 Å². The molecule has 0 spiro atoms. The lowest BCUT2D eigenvalue weighted by molar-refractivity contribution is 0.0696. The number of carboxylic acid groups (broad SMARTS) is 1. The van der Waals surface area contributed by atoms with Crippen LogP contribution in [0.25, 0.3) is 0 Å². The minimum absolute atomic E-state index is 0.365. The summed E-state index contributed by atoms with van der Waals surface area (Å²) in [4.78, 5) is 10.8. The normalized spacial score (nSPS) is 23.8. The molecule has 2 unspecified atom stereocenters. The van der Waals surface area contributed by atoms with Crippen LogP contribution in [0.15, 0.2) is 24.3 Å². The molecule has 0 aliphatic heterocycles. The summed E-state index contributed by atoms with van der Waals surface area (Å²) in [7, 11) is 0. The fourth-order valence-electron chi connectivity index (χ4n) is 2.51. The van der Waals surface area contributed by atoms with Gasteiger partial charge in [-0.2, -0.15) is 0 Å². The predicted molar refractivity (Wildman–Crippen MR) is 67.0 cm³/mol. The molecular weight excluding hydrogens is 214 g/mol. The zero-order chi connectivity index (χ0) is 12.3. The highest BCUT2D eigenvalue weighted by Gasteiger charge is 2.22. The van der Waals surface area contributed by atoms with Crippen LogP contribution >= 0.6 is 0 Å². The average molecular weight is 233 g/mol. The molecule has 17 heavy (non-hydrogen) atoms. The van der Waals surface area contributed by atoms with Gasteiger partial charge < -0.3 is 10.4 Å². The van der Waals surface area contributed by atoms with Gasteiger partial charge in [0.15, 0.2) is 0 Å². The lowest BCUT2D eigenvalue weighted by Gasteiger charge is -2.17. The largest absolute Gasteiger partial charge is 0.478 e. The van der Waals surface area contributed by atoms with Gasteiger partial charge in [-0.1, -0.05) is 25.5 Å². The van der Waals surface area contributed by atoms with Gasteiger partial charge >= 0.3 is 5.97 Å². The summed E-state index contributed by atoms with van der Waals surface area (Å²) in [6.07, 6.45) is 3.83. The van der Waals surface area contributed by atoms with E-state index >= 15 is 0 Å². The Kier molecular flexibility index (Phi) is 3.79. The number of benzene rings is 1. The smallest absolute Gasteiger partial charge is 0.335 e. The Bertz CT molecular complexity index is 403. The zero-order valence-electron chi connectivity index (χ0n) is 10.1. The minimum Gasteiger partial charge on any atom is -0.478 e. The van der Waals surface area contributed by atoms with Crippen LogP contribution in [0.5, 0.6) is 0 Å². The summed E-state index contributed by atoms with van der Waals surface area (Å²) < 4.78 is 0. The third-order valence-corrected chi connectivity index (χ3v) is 3.60. The van der Waals surface area contributed by atoms with Crippen LogP contribution < -0.4 is 5.32 Å². The molecule has 0 radical (unpaired) electrons. The standard InChI is InChI=1S/C14H19NO2/c1-10-4-2-7-13(10)15-9-11-5-3-6-12(8-11)14(16)17/h3,5-6,8,10,13,15H,2,4,7,9H2,1H3,(H,16,17). The van der Waals surface area contributed by atoms with Gasteiger partial charge in [0.2, 0.25) is 0 Å². The van der Waals surface area contributed by atoms with Gasteiger partial charge in [0, 0.05) is 12.6 Å². The molecule has 3 nitrogen and oxygen atoms in total. The Morgan fingerprint density at radius 2 is 2.29 bits per heavy atom. The van der Waals surface area contributed by atoms with Gasteiger partial charge in [0.05, 0.1) is 5.56 Å². The molecule has 0 amide bonds. The summed E-state index contributed by atoms with van der Waals surface area (Å²) in [6.45, 7) is 3.04. The molecule has 1 aromatic rings. The topological polar surface area (TPSA) is 49.3 Å². The molecule has 0 saturated heterocycles. The van der Waals surface area contributed by atoms with Crippen LogP contribution in [-0.2, 0) is 6.54 Å². The predicted octanol–water partition coefficient (Wildman–Crippen LogP) is 2.66. The second-order valence-electron chi connectivity index (χ2n) is 4.90. The molecule has 1 saturated carbocycles. The maximum absolute atomic E-state index is 10.8. The van der Waals surface area contributed by atoms with E-state index in [1.807, 2.05) is 6.07 Å². The maximum atomic E-state index is 10.8. The minimum atomic E-state index is -0.860. The maximum Gasteiger partial charge on any atom is 0.335 e. The number of hydrogen-bond acceptors (Lipinski definition) is 2. The first-order valence-corrected chi connectivity index (χ1v) is 6.22. The molecule has 1 aliphatic rings. The third kappa shape index (κ3) is 3.07. The monoisotopic (exact) mass is 233 g/mol. The van der Waals surface area contributed by atoms with E-state index in [4.69, 9.17) is 5.11 Å². The van der Waals surface area contributed by atoms with Crippen molar-refractivity contribution in [3.05, 3.63) is 35.4 Å². The summed E-state index contributed by atoms with van der Waals surface area (Å²) in [5.41, 5.74) is 1.41. The van der Waals surface area contributed by atoms with Gasteiger partial charge in [-0.3, -0.25) is 0 Å². The lowest BCUT2D eigenvalue weighted by atomic mass is 10.1. The fourth-order valence-corrected chi connectivity index (χ4v) is 2.51. The first kappa shape index (κ1) is 12.1. The van der Waals surface area contributed by atoms with Crippen molar-refractivity contribution in [1.82, 2.24) is 5.32 Å². The molecule has 3 heteroatoms. The average Bonchev–Trinajstić information content (AvgIpc) is 2.72. The zero-order valence-corrected chi connectivity index (χ0v) is 10.1. The summed E-state index contributed by atoms with van der Waals surface area (Å²) >= 11 is 0. The number of carboxylic acids is 1. The van der Waals surface area contributed by atoms with Crippen LogP contribution in [0.2, 0.25) is 0 Å². The van der Waals surface area contributed by atoms with E-state index in [2.05, 4.69) is 12.2 Å². The number of aromatic carboxylic acids is 1. The van der Waals surface area contributed by atoms with Crippen LogP contribution in [0, 0.1) is 5.92 Å². The highest BCUT2D eigenvalue weighted by Crippen LogP contribution is 2.25. The van der Waals surface area contributed by atoms with E-state index in [1.165, 1.54) is 19.3 Å². The molecule has 1 aliphatic carbocycles. The van der Waals surface area contributed by atoms with Gasteiger partial charge in [-0.05, 0) is 36.5 Å². The molecule has 1 aromatic carbocycles. The fraction of sp³-hybridized carbons (Fsp3) is 0.500. The lowest BCUT2D eigenvalue weighted by Crippen LogP contribution is -2.30. The van der Waals surface area contributed by atoms with Crippen molar-refractivity contribution in [2.24, 2.45) is 5.92 Å². The first-order chi connectivity index (χ1) is 8.16. The number of hydrogen-bond donors (Lipinski definition) is 2. The summed E-state index contributed by atoms with van der Waals surface area (Å²) in [6, 6.07) is 7.74. The number of carbonyl (C=O) groups is 1. The number of nitrogens with one attached hydrogen (secondary N) is 1. The van der Waals surface area contributed by atoms with E-state index in [1.54, 1.807) is 18.2 Å². The SMILES string of the molecule is CC1CCCC1NCc1cccc(C(=O)O)c1. The second kappa shape index (κ2) is 5.32. The highest BCUT2D eigenvalue weighted by atomic mass is 16.4. The Morgan fingerprint density at radius 3 is 2.94 bits per heavy atom. The van der Waals surface area contributed by atoms with Gasteiger partial charge in [0.1, 0.15) is 0 Å². The van der Waals surface area contributed by atoms with Gasteiger partial charge in [-0.25, -0.2) is 4.79 Å². The van der Waals surface area contributed by atoms with Crippen molar-refractivity contribution in [1.29, 1.82) is 0 Å². The summed E-state index contributed by atoms with van der Waals surface area (Å²) in [5.74, 6) is -0.126. The van der Waals surface area contributed by atoms with Gasteiger partial charge in [0.25, 0.3) is 0 Å². The molecule has 92 valence electrons. The number of rotatable bonds is 4.